The van der Waals surface area contributed by atoms with Crippen LogP contribution >= 0.6 is 0 Å². The molecule has 0 radical (unpaired) electrons. The number of allylic oxidation sites excluding steroid dienone is 2. The topological polar surface area (TPSA) is 257 Å². The summed E-state index contributed by atoms with van der Waals surface area (Å²) in [7, 11) is 2.95. The van der Waals surface area contributed by atoms with Crippen molar-refractivity contribution in [3.05, 3.63) is 47.5 Å². The van der Waals surface area contributed by atoms with Crippen LogP contribution < -0.4 is 0 Å². The Morgan fingerprint density at radius 3 is 0.786 bits per heavy atom. The third-order valence-corrected chi connectivity index (χ3v) is 8.16. The summed E-state index contributed by atoms with van der Waals surface area (Å²) in [6.07, 6.45) is 17.7. The molecule has 56 heavy (non-hydrogen) atoms. The van der Waals surface area contributed by atoms with Gasteiger partial charge in [0, 0.05) is 0 Å². The molecule has 0 bridgehead atoms. The molecule has 2 unspecified atom stereocenters. The fourth-order valence-electron chi connectivity index (χ4n) is 5.06. The van der Waals surface area contributed by atoms with Gasteiger partial charge in [0.1, 0.15) is 0 Å². The SMILES string of the molecule is CC1C=CC(C)CC1.COC(=O)C1CCC(C)CC1.COC(=O)C1CCC(C)CC1.Cc1ccc(C)cc1.O=C=O.O=C=O.O=C=O.O=C=O.O=C=O.O=C=O. The molecule has 0 amide bonds. The fraction of sp³-hybridized carbons (Fsp3) is 0.600. The van der Waals surface area contributed by atoms with E-state index in [9.17, 15) is 9.59 Å². The van der Waals surface area contributed by atoms with Crippen LogP contribution in [0.15, 0.2) is 36.4 Å². The largest absolute Gasteiger partial charge is 0.469 e. The Balaban J connectivity index is -0.000000131. The Bertz CT molecular complexity index is 1170. The fourth-order valence-corrected chi connectivity index (χ4v) is 5.06. The van der Waals surface area contributed by atoms with Crippen LogP contribution in [0.1, 0.15) is 103 Å². The molecule has 0 aromatic heterocycles. The third kappa shape index (κ3) is 50.3. The number of ether oxygens (including phenoxy) is 2. The molecule has 3 aliphatic rings. The molecule has 0 heterocycles. The second-order valence-corrected chi connectivity index (χ2v) is 12.5. The van der Waals surface area contributed by atoms with E-state index in [0.717, 1.165) is 49.4 Å². The lowest BCUT2D eigenvalue weighted by Crippen LogP contribution is -2.21. The van der Waals surface area contributed by atoms with E-state index >= 15 is 0 Å². The number of carbonyl (C=O) groups excluding carboxylic acids is 14. The summed E-state index contributed by atoms with van der Waals surface area (Å²) in [5.74, 6) is 3.63. The van der Waals surface area contributed by atoms with E-state index in [2.05, 4.69) is 87.4 Å². The third-order valence-electron chi connectivity index (χ3n) is 8.16. The van der Waals surface area contributed by atoms with Crippen LogP contribution in [-0.2, 0) is 76.6 Å². The van der Waals surface area contributed by atoms with Crippen LogP contribution in [0.2, 0.25) is 0 Å². The van der Waals surface area contributed by atoms with Crippen LogP contribution in [0.3, 0.4) is 0 Å². The lowest BCUT2D eigenvalue weighted by atomic mass is 9.83. The average molecular weight is 793 g/mol. The highest BCUT2D eigenvalue weighted by molar-refractivity contribution is 5.72. The van der Waals surface area contributed by atoms with Crippen molar-refractivity contribution in [3.63, 3.8) is 0 Å². The number of methoxy groups -OCH3 is 2. The molecule has 1 aromatic rings. The van der Waals surface area contributed by atoms with Crippen molar-refractivity contribution in [2.24, 2.45) is 35.5 Å². The Hall–Kier alpha value is -5.82. The minimum absolute atomic E-state index is 0.0168. The van der Waals surface area contributed by atoms with E-state index in [0.29, 0.717) is 0 Å². The molecule has 0 spiro atoms. The van der Waals surface area contributed by atoms with Crippen molar-refractivity contribution in [1.29, 1.82) is 0 Å². The summed E-state index contributed by atoms with van der Waals surface area (Å²) in [5, 5.41) is 0. The minimum atomic E-state index is -0.0168. The molecule has 1 aromatic carbocycles. The maximum atomic E-state index is 11.1. The normalized spacial score (nSPS) is 19.9. The molecule has 0 aliphatic heterocycles. The maximum absolute atomic E-state index is 11.1. The molecule has 2 saturated carbocycles. The predicted molar refractivity (Wildman–Crippen MR) is 189 cm³/mol. The molecular weight excluding hydrogens is 736 g/mol. The molecule has 312 valence electrons. The summed E-state index contributed by atoms with van der Waals surface area (Å²) < 4.78 is 9.37. The van der Waals surface area contributed by atoms with Crippen molar-refractivity contribution >= 4 is 48.8 Å². The Labute approximate surface area is 328 Å². The molecule has 4 rings (SSSR count). The lowest BCUT2D eigenvalue weighted by molar-refractivity contribution is -0.193. The van der Waals surface area contributed by atoms with E-state index in [1.807, 2.05) is 0 Å². The minimum Gasteiger partial charge on any atom is -0.469 e. The molecule has 16 heteroatoms. The highest BCUT2D eigenvalue weighted by Crippen LogP contribution is 2.29. The predicted octanol–water partition coefficient (Wildman–Crippen LogP) is 5.38. The number of benzene rings is 1. The zero-order valence-corrected chi connectivity index (χ0v) is 33.5. The Morgan fingerprint density at radius 1 is 0.429 bits per heavy atom. The highest BCUT2D eigenvalue weighted by Gasteiger charge is 2.25. The second-order valence-electron chi connectivity index (χ2n) is 12.5. The number of hydrogen-bond acceptors (Lipinski definition) is 16. The van der Waals surface area contributed by atoms with Gasteiger partial charge >= 0.3 is 48.8 Å². The van der Waals surface area contributed by atoms with Crippen LogP contribution in [0.5, 0.6) is 0 Å². The van der Waals surface area contributed by atoms with Gasteiger partial charge in [-0.3, -0.25) is 9.59 Å². The molecule has 2 fully saturated rings. The zero-order valence-electron chi connectivity index (χ0n) is 33.5. The van der Waals surface area contributed by atoms with Crippen molar-refractivity contribution < 1.29 is 76.6 Å². The second kappa shape index (κ2) is 49.2. The summed E-state index contributed by atoms with van der Waals surface area (Å²) in [6.45, 7) is 13.2. The van der Waals surface area contributed by atoms with Gasteiger partial charge in [0.2, 0.25) is 0 Å². The molecule has 2 atom stereocenters. The maximum Gasteiger partial charge on any atom is 0.373 e. The Morgan fingerprint density at radius 2 is 0.625 bits per heavy atom. The average Bonchev–Trinajstić information content (AvgIpc) is 3.17. The quantitative estimate of drug-likeness (QED) is 0.269. The smallest absolute Gasteiger partial charge is 0.373 e. The van der Waals surface area contributed by atoms with Crippen molar-refractivity contribution in [3.8, 4) is 0 Å². The number of esters is 2. The van der Waals surface area contributed by atoms with Crippen LogP contribution in [0.25, 0.3) is 0 Å². The van der Waals surface area contributed by atoms with Crippen LogP contribution in [-0.4, -0.2) is 63.1 Å². The number of rotatable bonds is 2. The summed E-state index contributed by atoms with van der Waals surface area (Å²) >= 11 is 0. The monoisotopic (exact) mass is 792 g/mol. The van der Waals surface area contributed by atoms with Crippen LogP contribution in [0.4, 0.5) is 0 Å². The molecule has 0 N–H and O–H groups in total. The first-order valence-corrected chi connectivity index (χ1v) is 17.4. The van der Waals surface area contributed by atoms with Crippen molar-refractivity contribution in [1.82, 2.24) is 0 Å². The summed E-state index contributed by atoms with van der Waals surface area (Å²) in [6, 6.07) is 8.48. The van der Waals surface area contributed by atoms with Gasteiger partial charge in [-0.25, -0.2) is 0 Å². The van der Waals surface area contributed by atoms with Gasteiger partial charge in [-0.15, -0.1) is 0 Å². The van der Waals surface area contributed by atoms with Gasteiger partial charge in [-0.1, -0.05) is 75.2 Å². The van der Waals surface area contributed by atoms with Gasteiger partial charge in [-0.05, 0) is 102 Å². The highest BCUT2D eigenvalue weighted by atomic mass is 16.5. The number of aryl methyl sites for hydroxylation is 2. The van der Waals surface area contributed by atoms with Gasteiger partial charge in [0.25, 0.3) is 0 Å². The lowest BCUT2D eigenvalue weighted by Gasteiger charge is -2.23. The molecule has 0 saturated heterocycles. The van der Waals surface area contributed by atoms with E-state index in [-0.39, 0.29) is 60.7 Å². The van der Waals surface area contributed by atoms with Gasteiger partial charge in [0.15, 0.2) is 0 Å². The summed E-state index contributed by atoms with van der Waals surface area (Å²) in [5.41, 5.74) is 2.66. The first-order chi connectivity index (χ1) is 26.5. The Kier molecular flexibility index (Phi) is 54.6. The van der Waals surface area contributed by atoms with Gasteiger partial charge < -0.3 is 9.47 Å². The standard InChI is InChI=1S/2C9H16O2.C8H14.C8H10.6CO2/c2*1-7-3-5-8(6-4-7)9(10)11-2;2*1-7-3-5-8(2)6-4-7;6*2-1-3/h2*7-8H,3-6H2,1-2H3;3,5,7-8H,4,6H2,1-2H3;3-6H,1-2H3;;;;;;. The molecular formula is C40H56O16. The van der Waals surface area contributed by atoms with E-state index in [1.54, 1.807) is 0 Å². The van der Waals surface area contributed by atoms with E-state index < -0.39 is 0 Å². The van der Waals surface area contributed by atoms with Gasteiger partial charge in [-0.2, -0.15) is 57.5 Å². The van der Waals surface area contributed by atoms with Crippen molar-refractivity contribution in [2.45, 2.75) is 106 Å². The first kappa shape index (κ1) is 62.2. The van der Waals surface area contributed by atoms with Crippen LogP contribution in [0, 0.1) is 49.4 Å². The molecule has 16 nitrogen and oxygen atoms in total. The van der Waals surface area contributed by atoms with Crippen molar-refractivity contribution in [2.75, 3.05) is 14.2 Å². The zero-order chi connectivity index (χ0) is 44.7. The first-order valence-electron chi connectivity index (χ1n) is 17.4. The van der Waals surface area contributed by atoms with E-state index in [4.69, 9.17) is 57.5 Å². The summed E-state index contributed by atoms with van der Waals surface area (Å²) in [4.78, 5) is 120. The number of carbonyl (C=O) groups is 2. The number of hydrogen-bond donors (Lipinski definition) is 0. The van der Waals surface area contributed by atoms with Gasteiger partial charge in [0.05, 0.1) is 26.1 Å². The molecule has 3 aliphatic carbocycles. The van der Waals surface area contributed by atoms with E-state index in [1.165, 1.54) is 63.9 Å².